The van der Waals surface area contributed by atoms with E-state index in [4.69, 9.17) is 23.2 Å². The second-order valence-corrected chi connectivity index (χ2v) is 7.03. The number of anilines is 1. The average molecular weight is 357 g/mol. The number of hydrogen-bond acceptors (Lipinski definition) is 2. The Bertz CT molecular complexity index is 483. The van der Waals surface area contributed by atoms with Gasteiger partial charge < -0.3 is 10.2 Å². The first-order chi connectivity index (χ1) is 11.2. The van der Waals surface area contributed by atoms with Crippen LogP contribution < -0.4 is 10.2 Å². The molecule has 2 rings (SSSR count). The second-order valence-electron chi connectivity index (χ2n) is 6.03. The topological polar surface area (TPSA) is 32.3 Å². The Labute approximate surface area is 149 Å². The van der Waals surface area contributed by atoms with Crippen molar-refractivity contribution in [1.82, 2.24) is 5.32 Å². The summed E-state index contributed by atoms with van der Waals surface area (Å²) in [6, 6.07) is 10.2. The van der Waals surface area contributed by atoms with Gasteiger partial charge in [-0.1, -0.05) is 25.1 Å². The number of nitrogens with zero attached hydrogens (tertiary/aromatic N) is 1. The van der Waals surface area contributed by atoms with Crippen molar-refractivity contribution in [3.63, 3.8) is 0 Å². The van der Waals surface area contributed by atoms with E-state index >= 15 is 0 Å². The lowest BCUT2D eigenvalue weighted by atomic mass is 9.99. The Morgan fingerprint density at radius 1 is 1.30 bits per heavy atom. The molecule has 3 nitrogen and oxygen atoms in total. The molecule has 1 aliphatic rings. The van der Waals surface area contributed by atoms with Gasteiger partial charge >= 0.3 is 0 Å². The molecule has 3 unspecified atom stereocenters. The van der Waals surface area contributed by atoms with Crippen LogP contribution in [0, 0.1) is 0 Å². The van der Waals surface area contributed by atoms with Crippen LogP contribution in [-0.4, -0.2) is 35.8 Å². The fourth-order valence-electron chi connectivity index (χ4n) is 3.40. The maximum atomic E-state index is 12.8. The van der Waals surface area contributed by atoms with E-state index in [2.05, 4.69) is 12.2 Å². The maximum absolute atomic E-state index is 12.8. The van der Waals surface area contributed by atoms with Crippen LogP contribution in [-0.2, 0) is 4.79 Å². The molecule has 5 heteroatoms. The molecule has 1 fully saturated rings. The van der Waals surface area contributed by atoms with E-state index in [0.29, 0.717) is 12.3 Å². The van der Waals surface area contributed by atoms with Crippen LogP contribution in [0.4, 0.5) is 5.69 Å². The summed E-state index contributed by atoms with van der Waals surface area (Å²) in [7, 11) is 0. The molecule has 0 saturated heterocycles. The molecule has 0 aliphatic heterocycles. The average Bonchev–Trinajstić information content (AvgIpc) is 2.71. The van der Waals surface area contributed by atoms with E-state index < -0.39 is 0 Å². The summed E-state index contributed by atoms with van der Waals surface area (Å²) in [5.74, 6) is 0.436. The number of amides is 1. The van der Waals surface area contributed by atoms with Crippen LogP contribution in [0.1, 0.15) is 39.0 Å². The molecule has 1 amide bonds. The number of rotatable bonds is 6. The van der Waals surface area contributed by atoms with E-state index in [-0.39, 0.29) is 23.4 Å². The summed E-state index contributed by atoms with van der Waals surface area (Å²) >= 11 is 12.3. The minimum absolute atomic E-state index is 0.0899. The van der Waals surface area contributed by atoms with Gasteiger partial charge in [0.2, 0.25) is 5.91 Å². The Hall–Kier alpha value is -0.770. The SMILES string of the molecule is CCNC1CC(Cl)CCCC1N(C(=O)CCCl)c1ccccc1. The number of carbonyl (C=O) groups is 1. The van der Waals surface area contributed by atoms with Crippen molar-refractivity contribution in [3.8, 4) is 0 Å². The summed E-state index contributed by atoms with van der Waals surface area (Å²) in [5.41, 5.74) is 0.948. The van der Waals surface area contributed by atoms with Gasteiger partial charge in [-0.3, -0.25) is 4.79 Å². The van der Waals surface area contributed by atoms with E-state index in [0.717, 1.165) is 37.9 Å². The van der Waals surface area contributed by atoms with E-state index in [1.165, 1.54) is 0 Å². The molecule has 0 aromatic heterocycles. The second kappa shape index (κ2) is 9.51. The Balaban J connectivity index is 2.32. The standard InChI is InChI=1S/C18H26Cl2N2O/c1-2-21-16-13-14(20)7-6-10-17(16)22(18(23)11-12-19)15-8-4-3-5-9-15/h3-5,8-9,14,16-17,21H,2,6-7,10-13H2,1H3. The van der Waals surface area contributed by atoms with E-state index in [9.17, 15) is 4.79 Å². The van der Waals surface area contributed by atoms with Gasteiger partial charge in [0, 0.05) is 29.4 Å². The number of likely N-dealkylation sites (N-methyl/N-ethyl adjacent to an activating group) is 1. The normalized spacial score (nSPS) is 24.9. The fourth-order valence-corrected chi connectivity index (χ4v) is 3.91. The minimum atomic E-state index is 0.0899. The van der Waals surface area contributed by atoms with Gasteiger partial charge in [-0.15, -0.1) is 23.2 Å². The summed E-state index contributed by atoms with van der Waals surface area (Å²) in [5, 5.41) is 3.71. The molecule has 1 aliphatic carbocycles. The molecule has 0 bridgehead atoms. The third kappa shape index (κ3) is 5.10. The summed E-state index contributed by atoms with van der Waals surface area (Å²) in [6.07, 6.45) is 4.25. The number of carbonyl (C=O) groups excluding carboxylic acids is 1. The van der Waals surface area contributed by atoms with Gasteiger partial charge in [-0.2, -0.15) is 0 Å². The molecule has 1 aromatic carbocycles. The molecule has 3 atom stereocenters. The molecule has 128 valence electrons. The number of halogens is 2. The highest BCUT2D eigenvalue weighted by molar-refractivity contribution is 6.20. The summed E-state index contributed by atoms with van der Waals surface area (Å²) in [4.78, 5) is 14.7. The fraction of sp³-hybridized carbons (Fsp3) is 0.611. The van der Waals surface area contributed by atoms with Crippen LogP contribution in [0.2, 0.25) is 0 Å². The lowest BCUT2D eigenvalue weighted by molar-refractivity contribution is -0.118. The maximum Gasteiger partial charge on any atom is 0.228 e. The zero-order valence-electron chi connectivity index (χ0n) is 13.7. The molecule has 1 aromatic rings. The molecule has 1 saturated carbocycles. The van der Waals surface area contributed by atoms with Crippen molar-refractivity contribution in [1.29, 1.82) is 0 Å². The molecular formula is C18H26Cl2N2O. The van der Waals surface area contributed by atoms with Crippen LogP contribution in [0.15, 0.2) is 30.3 Å². The van der Waals surface area contributed by atoms with E-state index in [1.54, 1.807) is 0 Å². The highest BCUT2D eigenvalue weighted by Gasteiger charge is 2.34. The van der Waals surface area contributed by atoms with Gasteiger partial charge in [0.25, 0.3) is 0 Å². The zero-order valence-corrected chi connectivity index (χ0v) is 15.2. The predicted molar refractivity (Wildman–Crippen MR) is 98.6 cm³/mol. The number of benzene rings is 1. The molecule has 23 heavy (non-hydrogen) atoms. The largest absolute Gasteiger partial charge is 0.312 e. The highest BCUT2D eigenvalue weighted by Crippen LogP contribution is 2.30. The van der Waals surface area contributed by atoms with Crippen LogP contribution in [0.5, 0.6) is 0 Å². The summed E-state index contributed by atoms with van der Waals surface area (Å²) < 4.78 is 0. The third-order valence-corrected chi connectivity index (χ3v) is 4.99. The van der Waals surface area contributed by atoms with Crippen molar-refractivity contribution < 1.29 is 4.79 Å². The monoisotopic (exact) mass is 356 g/mol. The first-order valence-corrected chi connectivity index (χ1v) is 9.45. The van der Waals surface area contributed by atoms with Crippen LogP contribution >= 0.6 is 23.2 Å². The van der Waals surface area contributed by atoms with Gasteiger partial charge in [0.1, 0.15) is 0 Å². The molecule has 0 spiro atoms. The Morgan fingerprint density at radius 3 is 2.70 bits per heavy atom. The van der Waals surface area contributed by atoms with Crippen molar-refractivity contribution >= 4 is 34.8 Å². The number of para-hydroxylation sites is 1. The van der Waals surface area contributed by atoms with Crippen molar-refractivity contribution in [2.75, 3.05) is 17.3 Å². The van der Waals surface area contributed by atoms with E-state index in [1.807, 2.05) is 35.2 Å². The lowest BCUT2D eigenvalue weighted by Gasteiger charge is -2.37. The van der Waals surface area contributed by atoms with Gasteiger partial charge in [-0.05, 0) is 44.4 Å². The smallest absolute Gasteiger partial charge is 0.228 e. The van der Waals surface area contributed by atoms with Gasteiger partial charge in [0.05, 0.1) is 6.04 Å². The highest BCUT2D eigenvalue weighted by atomic mass is 35.5. The van der Waals surface area contributed by atoms with Crippen molar-refractivity contribution in [2.45, 2.75) is 56.5 Å². The zero-order chi connectivity index (χ0) is 16.7. The van der Waals surface area contributed by atoms with Crippen LogP contribution in [0.3, 0.4) is 0 Å². The number of nitrogens with one attached hydrogen (secondary N) is 1. The minimum Gasteiger partial charge on any atom is -0.312 e. The lowest BCUT2D eigenvalue weighted by Crippen LogP contribution is -2.52. The van der Waals surface area contributed by atoms with Gasteiger partial charge in [-0.25, -0.2) is 0 Å². The quantitative estimate of drug-likeness (QED) is 0.612. The number of hydrogen-bond donors (Lipinski definition) is 1. The number of alkyl halides is 2. The molecule has 0 radical (unpaired) electrons. The third-order valence-electron chi connectivity index (χ3n) is 4.40. The van der Waals surface area contributed by atoms with Gasteiger partial charge in [0.15, 0.2) is 0 Å². The first kappa shape index (κ1) is 18.6. The Kier molecular flexibility index (Phi) is 7.68. The molecular weight excluding hydrogens is 331 g/mol. The molecule has 0 heterocycles. The van der Waals surface area contributed by atoms with Crippen LogP contribution in [0.25, 0.3) is 0 Å². The predicted octanol–water partition coefficient (Wildman–Crippen LogP) is 4.18. The first-order valence-electron chi connectivity index (χ1n) is 8.47. The van der Waals surface area contributed by atoms with Crippen molar-refractivity contribution in [2.24, 2.45) is 0 Å². The Morgan fingerprint density at radius 2 is 2.04 bits per heavy atom. The molecule has 1 N–H and O–H groups in total. The summed E-state index contributed by atoms with van der Waals surface area (Å²) in [6.45, 7) is 2.97. The van der Waals surface area contributed by atoms with Crippen molar-refractivity contribution in [3.05, 3.63) is 30.3 Å².